The molecule has 0 saturated heterocycles. The summed E-state index contributed by atoms with van der Waals surface area (Å²) in [6, 6.07) is 7.25. The summed E-state index contributed by atoms with van der Waals surface area (Å²) in [6.45, 7) is 4.40. The largest absolute Gasteiger partial charge is 0.370 e. The highest BCUT2D eigenvalue weighted by Gasteiger charge is 2.26. The molecule has 1 aromatic rings. The average molecular weight is 325 g/mol. The maximum atomic E-state index is 5.94. The van der Waals surface area contributed by atoms with Crippen molar-refractivity contribution in [1.29, 1.82) is 0 Å². The Morgan fingerprint density at radius 3 is 2.58 bits per heavy atom. The van der Waals surface area contributed by atoms with E-state index in [1.807, 2.05) is 6.92 Å². The minimum Gasteiger partial charge on any atom is -0.370 e. The Morgan fingerprint density at radius 2 is 2.00 bits per heavy atom. The standard InChI is InChI=1S/C16H25BrN2/c1-11-6-4-5-7-15(11)19(3)16-9-8-13(12(2)18)10-14(16)17/h8-12,15H,4-7,18H2,1-3H3/t11?,12-,15?/m0/s1. The molecule has 0 heterocycles. The van der Waals surface area contributed by atoms with Crippen molar-refractivity contribution in [2.75, 3.05) is 11.9 Å². The molecule has 0 aliphatic heterocycles. The first-order valence-electron chi connectivity index (χ1n) is 7.28. The zero-order valence-electron chi connectivity index (χ0n) is 12.2. The first kappa shape index (κ1) is 14.9. The Balaban J connectivity index is 2.21. The van der Waals surface area contributed by atoms with Gasteiger partial charge in [-0.1, -0.05) is 25.8 Å². The predicted molar refractivity (Wildman–Crippen MR) is 86.6 cm³/mol. The lowest BCUT2D eigenvalue weighted by molar-refractivity contribution is 0.321. The van der Waals surface area contributed by atoms with Gasteiger partial charge in [0, 0.05) is 23.6 Å². The van der Waals surface area contributed by atoms with Gasteiger partial charge in [0.1, 0.15) is 0 Å². The minimum absolute atomic E-state index is 0.0873. The second-order valence-corrected chi connectivity index (χ2v) is 6.79. The van der Waals surface area contributed by atoms with Crippen LogP contribution in [0.15, 0.2) is 22.7 Å². The van der Waals surface area contributed by atoms with E-state index in [2.05, 4.69) is 53.0 Å². The van der Waals surface area contributed by atoms with E-state index in [1.165, 1.54) is 36.9 Å². The van der Waals surface area contributed by atoms with Gasteiger partial charge >= 0.3 is 0 Å². The van der Waals surface area contributed by atoms with Crippen LogP contribution in [0.5, 0.6) is 0 Å². The third-order valence-corrected chi connectivity index (χ3v) is 5.08. The molecule has 0 radical (unpaired) electrons. The van der Waals surface area contributed by atoms with E-state index in [9.17, 15) is 0 Å². The van der Waals surface area contributed by atoms with E-state index in [4.69, 9.17) is 5.73 Å². The lowest BCUT2D eigenvalue weighted by Crippen LogP contribution is -2.39. The Hall–Kier alpha value is -0.540. The zero-order chi connectivity index (χ0) is 14.0. The van der Waals surface area contributed by atoms with Crippen LogP contribution in [-0.4, -0.2) is 13.1 Å². The van der Waals surface area contributed by atoms with Gasteiger partial charge in [-0.15, -0.1) is 0 Å². The molecule has 1 aromatic carbocycles. The fourth-order valence-corrected chi connectivity index (χ4v) is 3.82. The molecule has 2 nitrogen and oxygen atoms in total. The second-order valence-electron chi connectivity index (χ2n) is 5.94. The predicted octanol–water partition coefficient (Wildman–Crippen LogP) is 4.48. The van der Waals surface area contributed by atoms with E-state index in [-0.39, 0.29) is 6.04 Å². The second kappa shape index (κ2) is 6.27. The number of anilines is 1. The first-order valence-corrected chi connectivity index (χ1v) is 8.08. The van der Waals surface area contributed by atoms with E-state index < -0.39 is 0 Å². The Morgan fingerprint density at radius 1 is 1.32 bits per heavy atom. The monoisotopic (exact) mass is 324 g/mol. The maximum absolute atomic E-state index is 5.94. The van der Waals surface area contributed by atoms with Crippen molar-refractivity contribution in [3.63, 3.8) is 0 Å². The van der Waals surface area contributed by atoms with Crippen LogP contribution >= 0.6 is 15.9 Å². The van der Waals surface area contributed by atoms with Crippen LogP contribution in [0.1, 0.15) is 51.1 Å². The molecule has 1 aliphatic carbocycles. The van der Waals surface area contributed by atoms with Gasteiger partial charge < -0.3 is 10.6 Å². The summed E-state index contributed by atoms with van der Waals surface area (Å²) in [5.74, 6) is 0.777. The molecule has 3 heteroatoms. The van der Waals surface area contributed by atoms with Gasteiger partial charge in [0.25, 0.3) is 0 Å². The lowest BCUT2D eigenvalue weighted by Gasteiger charge is -2.38. The van der Waals surface area contributed by atoms with Crippen molar-refractivity contribution < 1.29 is 0 Å². The van der Waals surface area contributed by atoms with Gasteiger partial charge in [0.15, 0.2) is 0 Å². The van der Waals surface area contributed by atoms with Gasteiger partial charge in [0.05, 0.1) is 5.69 Å². The topological polar surface area (TPSA) is 29.3 Å². The normalized spacial score (nSPS) is 25.1. The molecule has 0 bridgehead atoms. The van der Waals surface area contributed by atoms with Crippen LogP contribution in [0.4, 0.5) is 5.69 Å². The molecule has 0 spiro atoms. The lowest BCUT2D eigenvalue weighted by atomic mass is 9.85. The molecule has 0 aromatic heterocycles. The van der Waals surface area contributed by atoms with Crippen molar-refractivity contribution in [3.8, 4) is 0 Å². The number of hydrogen-bond donors (Lipinski definition) is 1. The molecule has 106 valence electrons. The van der Waals surface area contributed by atoms with Crippen molar-refractivity contribution in [2.24, 2.45) is 11.7 Å². The van der Waals surface area contributed by atoms with Gasteiger partial charge in [-0.25, -0.2) is 0 Å². The van der Waals surface area contributed by atoms with Gasteiger partial charge in [-0.3, -0.25) is 0 Å². The number of hydrogen-bond acceptors (Lipinski definition) is 2. The number of rotatable bonds is 3. The third-order valence-electron chi connectivity index (χ3n) is 4.44. The van der Waals surface area contributed by atoms with Crippen molar-refractivity contribution in [1.82, 2.24) is 0 Å². The van der Waals surface area contributed by atoms with Crippen LogP contribution < -0.4 is 10.6 Å². The molecule has 2 N–H and O–H groups in total. The molecule has 1 fully saturated rings. The fourth-order valence-electron chi connectivity index (χ4n) is 3.14. The zero-order valence-corrected chi connectivity index (χ0v) is 13.8. The van der Waals surface area contributed by atoms with Crippen LogP contribution in [0.2, 0.25) is 0 Å². The number of nitrogens with two attached hydrogens (primary N) is 1. The first-order chi connectivity index (χ1) is 9.00. The highest BCUT2D eigenvalue weighted by Crippen LogP contribution is 2.34. The Labute approximate surface area is 125 Å². The fraction of sp³-hybridized carbons (Fsp3) is 0.625. The summed E-state index contributed by atoms with van der Waals surface area (Å²) in [4.78, 5) is 2.44. The number of nitrogens with zero attached hydrogens (tertiary/aromatic N) is 1. The minimum atomic E-state index is 0.0873. The van der Waals surface area contributed by atoms with Crippen molar-refractivity contribution >= 4 is 21.6 Å². The van der Waals surface area contributed by atoms with Gasteiger partial charge in [0.2, 0.25) is 0 Å². The van der Waals surface area contributed by atoms with Gasteiger partial charge in [-0.2, -0.15) is 0 Å². The average Bonchev–Trinajstić information content (AvgIpc) is 2.38. The summed E-state index contributed by atoms with van der Waals surface area (Å²) < 4.78 is 1.16. The summed E-state index contributed by atoms with van der Waals surface area (Å²) in [5, 5.41) is 0. The van der Waals surface area contributed by atoms with Crippen LogP contribution in [0.25, 0.3) is 0 Å². The van der Waals surface area contributed by atoms with E-state index in [0.717, 1.165) is 10.4 Å². The highest BCUT2D eigenvalue weighted by molar-refractivity contribution is 9.10. The molecular formula is C16H25BrN2. The van der Waals surface area contributed by atoms with Crippen molar-refractivity contribution in [2.45, 2.75) is 51.6 Å². The Kier molecular flexibility index (Phi) is 4.91. The number of benzene rings is 1. The quantitative estimate of drug-likeness (QED) is 0.887. The Bertz CT molecular complexity index is 431. The SMILES string of the molecule is CC1CCCCC1N(C)c1ccc([C@H](C)N)cc1Br. The summed E-state index contributed by atoms with van der Waals surface area (Å²) in [5.41, 5.74) is 8.40. The third kappa shape index (κ3) is 3.32. The van der Waals surface area contributed by atoms with Crippen LogP contribution in [0.3, 0.4) is 0 Å². The molecular weight excluding hydrogens is 300 g/mol. The van der Waals surface area contributed by atoms with E-state index in [0.29, 0.717) is 6.04 Å². The van der Waals surface area contributed by atoms with Crippen LogP contribution in [0, 0.1) is 5.92 Å². The van der Waals surface area contributed by atoms with E-state index in [1.54, 1.807) is 0 Å². The summed E-state index contributed by atoms with van der Waals surface area (Å²) in [7, 11) is 2.22. The molecule has 2 rings (SSSR count). The maximum Gasteiger partial charge on any atom is 0.0510 e. The molecule has 19 heavy (non-hydrogen) atoms. The highest BCUT2D eigenvalue weighted by atomic mass is 79.9. The number of halogens is 1. The van der Waals surface area contributed by atoms with Crippen LogP contribution in [-0.2, 0) is 0 Å². The molecule has 3 atom stereocenters. The molecule has 2 unspecified atom stereocenters. The summed E-state index contributed by atoms with van der Waals surface area (Å²) in [6.07, 6.45) is 5.40. The van der Waals surface area contributed by atoms with Crippen molar-refractivity contribution in [3.05, 3.63) is 28.2 Å². The van der Waals surface area contributed by atoms with E-state index >= 15 is 0 Å². The molecule has 1 aliphatic rings. The molecule has 0 amide bonds. The van der Waals surface area contributed by atoms with Gasteiger partial charge in [-0.05, 0) is 59.3 Å². The smallest absolute Gasteiger partial charge is 0.0510 e. The molecule has 1 saturated carbocycles. The summed E-state index contributed by atoms with van der Waals surface area (Å²) >= 11 is 3.71.